The van der Waals surface area contributed by atoms with Crippen LogP contribution < -0.4 is 5.32 Å². The molecular weight excluding hydrogens is 320 g/mol. The number of thiophene rings is 1. The van der Waals surface area contributed by atoms with Gasteiger partial charge in [-0.15, -0.1) is 32.9 Å². The van der Waals surface area contributed by atoms with Crippen molar-refractivity contribution in [1.82, 2.24) is 29.5 Å². The first kappa shape index (κ1) is 13.4. The molecule has 0 atom stereocenters. The van der Waals surface area contributed by atoms with Gasteiger partial charge in [-0.1, -0.05) is 0 Å². The Morgan fingerprint density at radius 2 is 2.36 bits per heavy atom. The summed E-state index contributed by atoms with van der Waals surface area (Å²) in [5.41, 5.74) is 0.975. The van der Waals surface area contributed by atoms with E-state index < -0.39 is 0 Å². The van der Waals surface area contributed by atoms with Crippen LogP contribution >= 0.6 is 22.7 Å². The smallest absolute Gasteiger partial charge is 0.261 e. The molecule has 4 aromatic heterocycles. The van der Waals surface area contributed by atoms with Crippen molar-refractivity contribution in [3.8, 4) is 0 Å². The Labute approximate surface area is 133 Å². The molecule has 0 aliphatic rings. The van der Waals surface area contributed by atoms with Crippen LogP contribution in [0.2, 0.25) is 0 Å². The van der Waals surface area contributed by atoms with Crippen LogP contribution in [0.15, 0.2) is 24.0 Å². The summed E-state index contributed by atoms with van der Waals surface area (Å²) < 4.78 is 3.90. The molecule has 7 nitrogen and oxygen atoms in total. The maximum atomic E-state index is 12.3. The highest BCUT2D eigenvalue weighted by Gasteiger charge is 2.15. The number of nitrogens with one attached hydrogen (secondary N) is 1. The molecule has 0 saturated carbocycles. The van der Waals surface area contributed by atoms with Crippen molar-refractivity contribution >= 4 is 43.9 Å². The van der Waals surface area contributed by atoms with Crippen LogP contribution in [0.3, 0.4) is 0 Å². The van der Waals surface area contributed by atoms with E-state index in [1.54, 1.807) is 17.7 Å². The summed E-state index contributed by atoms with van der Waals surface area (Å²) in [5.74, 6) is 0.636. The van der Waals surface area contributed by atoms with Crippen LogP contribution in [0.1, 0.15) is 22.4 Å². The fourth-order valence-electron chi connectivity index (χ4n) is 2.29. The molecule has 0 fully saturated rings. The highest BCUT2D eigenvalue weighted by Crippen LogP contribution is 2.28. The number of imidazole rings is 1. The van der Waals surface area contributed by atoms with Crippen LogP contribution in [0, 0.1) is 0 Å². The van der Waals surface area contributed by atoms with Crippen LogP contribution in [-0.4, -0.2) is 30.1 Å². The number of rotatable bonds is 4. The maximum Gasteiger partial charge on any atom is 0.261 e. The van der Waals surface area contributed by atoms with Gasteiger partial charge in [0.15, 0.2) is 10.8 Å². The SMILES string of the molecule is CCn1cnnc1CNC(=O)c1cc2c(nc3sccn32)s1. The minimum atomic E-state index is -0.113. The first-order chi connectivity index (χ1) is 10.8. The van der Waals surface area contributed by atoms with Gasteiger partial charge in [-0.2, -0.15) is 0 Å². The number of carbonyl (C=O) groups excluding carboxylic acids is 1. The fourth-order valence-corrected chi connectivity index (χ4v) is 4.00. The number of hydrogen-bond donors (Lipinski definition) is 1. The van der Waals surface area contributed by atoms with E-state index in [-0.39, 0.29) is 5.91 Å². The molecule has 0 saturated heterocycles. The second kappa shape index (κ2) is 5.18. The maximum absolute atomic E-state index is 12.3. The number of nitrogens with zero attached hydrogens (tertiary/aromatic N) is 5. The molecule has 9 heteroatoms. The summed E-state index contributed by atoms with van der Waals surface area (Å²) in [4.78, 5) is 19.3. The molecule has 0 radical (unpaired) electrons. The predicted octanol–water partition coefficient (Wildman–Crippen LogP) is 2.15. The molecule has 4 heterocycles. The zero-order valence-electron chi connectivity index (χ0n) is 11.7. The molecule has 0 bridgehead atoms. The van der Waals surface area contributed by atoms with E-state index in [1.165, 1.54) is 11.3 Å². The van der Waals surface area contributed by atoms with Crippen molar-refractivity contribution in [2.45, 2.75) is 20.0 Å². The van der Waals surface area contributed by atoms with E-state index in [0.717, 1.165) is 27.7 Å². The number of carbonyl (C=O) groups is 1. The normalized spacial score (nSPS) is 11.5. The van der Waals surface area contributed by atoms with Crippen LogP contribution in [0.4, 0.5) is 0 Å². The lowest BCUT2D eigenvalue weighted by Crippen LogP contribution is -2.23. The lowest BCUT2D eigenvalue weighted by molar-refractivity contribution is 0.0953. The van der Waals surface area contributed by atoms with Crippen LogP contribution in [0.25, 0.3) is 15.3 Å². The van der Waals surface area contributed by atoms with Crippen molar-refractivity contribution in [2.75, 3.05) is 0 Å². The Morgan fingerprint density at radius 3 is 3.23 bits per heavy atom. The van der Waals surface area contributed by atoms with Gasteiger partial charge in [-0.3, -0.25) is 9.20 Å². The Balaban J connectivity index is 1.55. The highest BCUT2D eigenvalue weighted by molar-refractivity contribution is 7.21. The predicted molar refractivity (Wildman–Crippen MR) is 85.3 cm³/mol. The van der Waals surface area contributed by atoms with E-state index in [9.17, 15) is 4.79 Å². The van der Waals surface area contributed by atoms with Gasteiger partial charge in [0.25, 0.3) is 5.91 Å². The van der Waals surface area contributed by atoms with Gasteiger partial charge >= 0.3 is 0 Å². The minimum Gasteiger partial charge on any atom is -0.344 e. The number of thiazole rings is 1. The monoisotopic (exact) mass is 332 g/mol. The van der Waals surface area contributed by atoms with E-state index in [1.807, 2.05) is 33.5 Å². The Hall–Kier alpha value is -2.26. The van der Waals surface area contributed by atoms with Crippen molar-refractivity contribution in [1.29, 1.82) is 0 Å². The van der Waals surface area contributed by atoms with Gasteiger partial charge in [0.1, 0.15) is 11.2 Å². The number of aromatic nitrogens is 5. The molecule has 112 valence electrons. The molecule has 0 aromatic carbocycles. The number of amides is 1. The summed E-state index contributed by atoms with van der Waals surface area (Å²) in [6, 6.07) is 1.88. The molecule has 0 spiro atoms. The van der Waals surface area contributed by atoms with Gasteiger partial charge < -0.3 is 9.88 Å². The van der Waals surface area contributed by atoms with Crippen molar-refractivity contribution in [3.05, 3.63) is 34.7 Å². The van der Waals surface area contributed by atoms with Crippen LogP contribution in [0.5, 0.6) is 0 Å². The van der Waals surface area contributed by atoms with Gasteiger partial charge in [0.05, 0.1) is 16.9 Å². The lowest BCUT2D eigenvalue weighted by Gasteiger charge is -2.04. The van der Waals surface area contributed by atoms with Crippen molar-refractivity contribution in [3.63, 3.8) is 0 Å². The van der Waals surface area contributed by atoms with Crippen LogP contribution in [-0.2, 0) is 13.1 Å². The average Bonchev–Trinajstić information content (AvgIpc) is 3.24. The Morgan fingerprint density at radius 1 is 1.45 bits per heavy atom. The molecule has 1 N–H and O–H groups in total. The summed E-state index contributed by atoms with van der Waals surface area (Å²) in [5, 5.41) is 12.7. The molecule has 4 rings (SSSR count). The van der Waals surface area contributed by atoms with Gasteiger partial charge in [0, 0.05) is 18.1 Å². The highest BCUT2D eigenvalue weighted by atomic mass is 32.1. The zero-order chi connectivity index (χ0) is 15.1. The number of hydrogen-bond acceptors (Lipinski definition) is 6. The fraction of sp³-hybridized carbons (Fsp3) is 0.231. The molecule has 0 aliphatic carbocycles. The Kier molecular flexibility index (Phi) is 3.16. The van der Waals surface area contributed by atoms with E-state index in [0.29, 0.717) is 11.4 Å². The molecule has 1 amide bonds. The van der Waals surface area contributed by atoms with E-state index in [2.05, 4.69) is 20.5 Å². The molecule has 0 unspecified atom stereocenters. The van der Waals surface area contributed by atoms with E-state index >= 15 is 0 Å². The molecule has 4 aromatic rings. The van der Waals surface area contributed by atoms with E-state index in [4.69, 9.17) is 0 Å². The summed E-state index contributed by atoms with van der Waals surface area (Å²) >= 11 is 2.99. The quantitative estimate of drug-likeness (QED) is 0.621. The minimum absolute atomic E-state index is 0.113. The molecular formula is C13H12N6OS2. The second-order valence-corrected chi connectivity index (χ2v) is 6.59. The number of fused-ring (bicyclic) bond motifs is 3. The van der Waals surface area contributed by atoms with Crippen molar-refractivity contribution < 1.29 is 4.79 Å². The third-order valence-corrected chi connectivity index (χ3v) is 5.18. The first-order valence-corrected chi connectivity index (χ1v) is 8.46. The van der Waals surface area contributed by atoms with Gasteiger partial charge in [-0.25, -0.2) is 4.98 Å². The summed E-state index contributed by atoms with van der Waals surface area (Å²) in [7, 11) is 0. The second-order valence-electron chi connectivity index (χ2n) is 4.68. The molecule has 0 aliphatic heterocycles. The third kappa shape index (κ3) is 2.09. The summed E-state index contributed by atoms with van der Waals surface area (Å²) in [6.45, 7) is 3.15. The topological polar surface area (TPSA) is 77.1 Å². The van der Waals surface area contributed by atoms with Crippen molar-refractivity contribution in [2.24, 2.45) is 0 Å². The van der Waals surface area contributed by atoms with Gasteiger partial charge in [0.2, 0.25) is 0 Å². The average molecular weight is 332 g/mol. The lowest BCUT2D eigenvalue weighted by atomic mass is 10.4. The largest absolute Gasteiger partial charge is 0.344 e. The van der Waals surface area contributed by atoms with Gasteiger partial charge in [-0.05, 0) is 13.0 Å². The summed E-state index contributed by atoms with van der Waals surface area (Å²) in [6.07, 6.45) is 3.63. The first-order valence-electron chi connectivity index (χ1n) is 6.76. The number of aryl methyl sites for hydroxylation is 1. The standard InChI is InChI=1S/C13H12N6OS2/c1-2-18-7-15-17-10(18)6-14-11(20)9-5-8-12(22-9)16-13-19(8)3-4-21-13/h3-5,7H,2,6H2,1H3,(H,14,20). The zero-order valence-corrected chi connectivity index (χ0v) is 13.3. The molecule has 22 heavy (non-hydrogen) atoms. The third-order valence-electron chi connectivity index (χ3n) is 3.41. The Bertz CT molecular complexity index is 962.